The molecule has 0 spiro atoms. The Morgan fingerprint density at radius 1 is 1.06 bits per heavy atom. The average molecular weight is 238 g/mol. The van der Waals surface area contributed by atoms with Gasteiger partial charge in [-0.05, 0) is 42.0 Å². The minimum atomic E-state index is 0.251. The van der Waals surface area contributed by atoms with Gasteiger partial charge >= 0.3 is 0 Å². The molecule has 3 rings (SSSR count). The van der Waals surface area contributed by atoms with E-state index in [4.69, 9.17) is 0 Å². The summed E-state index contributed by atoms with van der Waals surface area (Å²) in [7, 11) is 0. The normalized spacial score (nSPS) is 23.4. The van der Waals surface area contributed by atoms with Crippen LogP contribution in [-0.2, 0) is 0 Å². The van der Waals surface area contributed by atoms with Crippen LogP contribution in [0.15, 0.2) is 42.5 Å². The molecule has 0 heterocycles. The number of rotatable bonds is 2. The molecule has 2 atom stereocenters. The second kappa shape index (κ2) is 4.56. The highest BCUT2D eigenvalue weighted by Gasteiger charge is 2.27. The predicted octanol–water partition coefficient (Wildman–Crippen LogP) is 4.46. The molecule has 92 valence electrons. The van der Waals surface area contributed by atoms with Crippen LogP contribution in [0.25, 0.3) is 10.8 Å². The van der Waals surface area contributed by atoms with Gasteiger partial charge in [0.25, 0.3) is 0 Å². The van der Waals surface area contributed by atoms with Crippen molar-refractivity contribution in [2.75, 3.05) is 0 Å². The van der Waals surface area contributed by atoms with Crippen molar-refractivity contribution in [3.05, 3.63) is 48.0 Å². The van der Waals surface area contributed by atoms with E-state index in [-0.39, 0.29) is 5.92 Å². The Balaban J connectivity index is 1.92. The standard InChI is InChI=1S/C17H18O/c1-12-6-7-15(10-12)17(18)16-9-8-13-4-2-3-5-14(13)11-16/h2-5,8-9,11-12,15H,6-7,10H2,1H3. The van der Waals surface area contributed by atoms with Gasteiger partial charge in [-0.2, -0.15) is 0 Å². The van der Waals surface area contributed by atoms with Gasteiger partial charge < -0.3 is 0 Å². The zero-order valence-electron chi connectivity index (χ0n) is 10.7. The molecule has 1 saturated carbocycles. The molecular formula is C17H18O. The number of ketones is 1. The Labute approximate surface area is 108 Å². The molecule has 2 aromatic carbocycles. The first-order valence-corrected chi connectivity index (χ1v) is 6.77. The molecule has 0 bridgehead atoms. The Morgan fingerprint density at radius 3 is 2.56 bits per heavy atom. The summed E-state index contributed by atoms with van der Waals surface area (Å²) in [6.45, 7) is 2.24. The van der Waals surface area contributed by atoms with Crippen LogP contribution in [0.4, 0.5) is 0 Å². The number of carbonyl (C=O) groups is 1. The van der Waals surface area contributed by atoms with Crippen LogP contribution in [0.1, 0.15) is 36.5 Å². The van der Waals surface area contributed by atoms with Crippen molar-refractivity contribution in [3.8, 4) is 0 Å². The lowest BCUT2D eigenvalue weighted by Crippen LogP contribution is -2.11. The van der Waals surface area contributed by atoms with Gasteiger partial charge in [0.05, 0.1) is 0 Å². The van der Waals surface area contributed by atoms with Gasteiger partial charge in [0.1, 0.15) is 0 Å². The summed E-state index contributed by atoms with van der Waals surface area (Å²) in [5.74, 6) is 1.30. The van der Waals surface area contributed by atoms with E-state index < -0.39 is 0 Å². The number of fused-ring (bicyclic) bond motifs is 1. The highest BCUT2D eigenvalue weighted by molar-refractivity contribution is 6.01. The highest BCUT2D eigenvalue weighted by atomic mass is 16.1. The summed E-state index contributed by atoms with van der Waals surface area (Å²) in [4.78, 5) is 12.4. The van der Waals surface area contributed by atoms with Gasteiger partial charge in [-0.25, -0.2) is 0 Å². The van der Waals surface area contributed by atoms with Crippen LogP contribution in [0, 0.1) is 11.8 Å². The molecule has 18 heavy (non-hydrogen) atoms. The molecular weight excluding hydrogens is 220 g/mol. The summed E-state index contributed by atoms with van der Waals surface area (Å²) in [6.07, 6.45) is 3.32. The third kappa shape index (κ3) is 2.05. The third-order valence-corrected chi connectivity index (χ3v) is 4.10. The number of benzene rings is 2. The summed E-state index contributed by atoms with van der Waals surface area (Å²) >= 11 is 0. The Bertz CT molecular complexity index is 585. The maximum absolute atomic E-state index is 12.4. The summed E-state index contributed by atoms with van der Waals surface area (Å²) in [5.41, 5.74) is 0.882. The lowest BCUT2D eigenvalue weighted by molar-refractivity contribution is 0.0920. The fourth-order valence-corrected chi connectivity index (χ4v) is 3.02. The first-order chi connectivity index (χ1) is 8.74. The summed E-state index contributed by atoms with van der Waals surface area (Å²) < 4.78 is 0. The minimum Gasteiger partial charge on any atom is -0.294 e. The zero-order valence-corrected chi connectivity index (χ0v) is 10.7. The lowest BCUT2D eigenvalue weighted by Gasteiger charge is -2.09. The van der Waals surface area contributed by atoms with Crippen molar-refractivity contribution in [1.82, 2.24) is 0 Å². The maximum Gasteiger partial charge on any atom is 0.165 e. The Hall–Kier alpha value is -1.63. The van der Waals surface area contributed by atoms with Crippen molar-refractivity contribution in [3.63, 3.8) is 0 Å². The molecule has 2 unspecified atom stereocenters. The number of Topliss-reactive ketones (excluding diaryl/α,β-unsaturated/α-hetero) is 1. The van der Waals surface area contributed by atoms with Crippen molar-refractivity contribution in [2.24, 2.45) is 11.8 Å². The summed E-state index contributed by atoms with van der Waals surface area (Å²) in [6, 6.07) is 14.3. The Morgan fingerprint density at radius 2 is 1.83 bits per heavy atom. The smallest absolute Gasteiger partial charge is 0.165 e. The molecule has 2 aromatic rings. The largest absolute Gasteiger partial charge is 0.294 e. The fraction of sp³-hybridized carbons (Fsp3) is 0.353. The van der Waals surface area contributed by atoms with Crippen LogP contribution < -0.4 is 0 Å². The van der Waals surface area contributed by atoms with Gasteiger partial charge in [-0.15, -0.1) is 0 Å². The van der Waals surface area contributed by atoms with E-state index in [1.54, 1.807) is 0 Å². The summed E-state index contributed by atoms with van der Waals surface area (Å²) in [5, 5.41) is 2.36. The lowest BCUT2D eigenvalue weighted by atomic mass is 9.94. The van der Waals surface area contributed by atoms with Gasteiger partial charge in [0, 0.05) is 11.5 Å². The van der Waals surface area contributed by atoms with Crippen LogP contribution in [0.3, 0.4) is 0 Å². The van der Waals surface area contributed by atoms with Crippen LogP contribution in [-0.4, -0.2) is 5.78 Å². The number of carbonyl (C=O) groups excluding carboxylic acids is 1. The molecule has 0 radical (unpaired) electrons. The molecule has 1 aliphatic carbocycles. The van der Waals surface area contributed by atoms with Crippen molar-refractivity contribution >= 4 is 16.6 Å². The van der Waals surface area contributed by atoms with Crippen molar-refractivity contribution < 1.29 is 4.79 Å². The van der Waals surface area contributed by atoms with Gasteiger partial charge in [-0.3, -0.25) is 4.79 Å². The topological polar surface area (TPSA) is 17.1 Å². The average Bonchev–Trinajstić information content (AvgIpc) is 2.84. The molecule has 1 heteroatoms. The predicted molar refractivity (Wildman–Crippen MR) is 74.8 cm³/mol. The van der Waals surface area contributed by atoms with Gasteiger partial charge in [0.2, 0.25) is 0 Å². The molecule has 0 N–H and O–H groups in total. The maximum atomic E-state index is 12.4. The second-order valence-electron chi connectivity index (χ2n) is 5.54. The number of hydrogen-bond donors (Lipinski definition) is 0. The van der Waals surface area contributed by atoms with Crippen LogP contribution >= 0.6 is 0 Å². The van der Waals surface area contributed by atoms with E-state index in [2.05, 4.69) is 25.1 Å². The van der Waals surface area contributed by atoms with Crippen molar-refractivity contribution in [1.29, 1.82) is 0 Å². The molecule has 0 amide bonds. The monoisotopic (exact) mass is 238 g/mol. The SMILES string of the molecule is CC1CCC(C(=O)c2ccc3ccccc3c2)C1. The molecule has 0 aromatic heterocycles. The highest BCUT2D eigenvalue weighted by Crippen LogP contribution is 2.33. The fourth-order valence-electron chi connectivity index (χ4n) is 3.02. The quantitative estimate of drug-likeness (QED) is 0.706. The van der Waals surface area contributed by atoms with E-state index >= 15 is 0 Å². The van der Waals surface area contributed by atoms with Crippen LogP contribution in [0.2, 0.25) is 0 Å². The van der Waals surface area contributed by atoms with Gasteiger partial charge in [0.15, 0.2) is 5.78 Å². The minimum absolute atomic E-state index is 0.251. The second-order valence-corrected chi connectivity index (χ2v) is 5.54. The first kappa shape index (κ1) is 11.5. The van der Waals surface area contributed by atoms with Crippen LogP contribution in [0.5, 0.6) is 0 Å². The zero-order chi connectivity index (χ0) is 12.5. The first-order valence-electron chi connectivity index (χ1n) is 6.77. The van der Waals surface area contributed by atoms with Crippen molar-refractivity contribution in [2.45, 2.75) is 26.2 Å². The van der Waals surface area contributed by atoms with Gasteiger partial charge in [-0.1, -0.05) is 43.3 Å². The molecule has 1 nitrogen and oxygen atoms in total. The van der Waals surface area contributed by atoms with E-state index in [0.717, 1.165) is 23.8 Å². The van der Waals surface area contributed by atoms with E-state index in [1.807, 2.05) is 24.3 Å². The Kier molecular flexibility index (Phi) is 2.91. The van der Waals surface area contributed by atoms with E-state index in [0.29, 0.717) is 11.7 Å². The van der Waals surface area contributed by atoms with E-state index in [1.165, 1.54) is 11.8 Å². The molecule has 1 aliphatic rings. The number of hydrogen-bond acceptors (Lipinski definition) is 1. The van der Waals surface area contributed by atoms with E-state index in [9.17, 15) is 4.79 Å². The third-order valence-electron chi connectivity index (χ3n) is 4.10. The molecule has 1 fully saturated rings. The molecule has 0 saturated heterocycles. The molecule has 0 aliphatic heterocycles.